The molecule has 0 aliphatic carbocycles. The Kier molecular flexibility index (Phi) is 1.90. The van der Waals surface area contributed by atoms with Crippen molar-refractivity contribution in [2.45, 2.75) is 0 Å². The molecule has 4 heteroatoms. The van der Waals surface area contributed by atoms with Crippen molar-refractivity contribution in [3.05, 3.63) is 23.4 Å². The molecule has 2 nitrogen and oxygen atoms in total. The Hall–Kier alpha value is -0.800. The van der Waals surface area contributed by atoms with Crippen LogP contribution < -0.4 is 4.74 Å². The summed E-state index contributed by atoms with van der Waals surface area (Å²) in [6, 6.07) is 3.76. The van der Waals surface area contributed by atoms with E-state index in [0.717, 1.165) is 10.1 Å². The molecule has 0 radical (unpaired) electrons. The van der Waals surface area contributed by atoms with Gasteiger partial charge in [-0.1, -0.05) is 11.6 Å². The standard InChI is InChI=1S/C8H6ClNOS/c1-11-7-3-8-5(2-6(7)9)4-10-12-8/h2-4H,1H3. The number of ether oxygens (including phenoxy) is 1. The van der Waals surface area contributed by atoms with Crippen LogP contribution in [0, 0.1) is 0 Å². The number of rotatable bonds is 1. The predicted molar refractivity (Wildman–Crippen MR) is 51.2 cm³/mol. The first kappa shape index (κ1) is 7.83. The first-order chi connectivity index (χ1) is 5.81. The molecule has 1 aromatic heterocycles. The molecule has 62 valence electrons. The fourth-order valence-corrected chi connectivity index (χ4v) is 1.93. The number of hydrogen-bond acceptors (Lipinski definition) is 3. The van der Waals surface area contributed by atoms with Crippen molar-refractivity contribution >= 4 is 33.2 Å². The van der Waals surface area contributed by atoms with Crippen LogP contribution in [0.1, 0.15) is 0 Å². The molecule has 0 atom stereocenters. The molecule has 0 bridgehead atoms. The summed E-state index contributed by atoms with van der Waals surface area (Å²) in [6.07, 6.45) is 1.80. The number of nitrogens with zero attached hydrogens (tertiary/aromatic N) is 1. The van der Waals surface area contributed by atoms with E-state index >= 15 is 0 Å². The van der Waals surface area contributed by atoms with E-state index in [2.05, 4.69) is 4.37 Å². The fraction of sp³-hybridized carbons (Fsp3) is 0.125. The first-order valence-electron chi connectivity index (χ1n) is 3.39. The molecule has 0 saturated heterocycles. The van der Waals surface area contributed by atoms with Crippen LogP contribution in [0.2, 0.25) is 5.02 Å². The van der Waals surface area contributed by atoms with Gasteiger partial charge in [0.15, 0.2) is 0 Å². The molecule has 0 N–H and O–H groups in total. The molecule has 1 heterocycles. The first-order valence-corrected chi connectivity index (χ1v) is 4.54. The highest BCUT2D eigenvalue weighted by molar-refractivity contribution is 7.13. The molecule has 0 unspecified atom stereocenters. The summed E-state index contributed by atoms with van der Waals surface area (Å²) < 4.78 is 10.2. The Labute approximate surface area is 78.9 Å². The topological polar surface area (TPSA) is 22.1 Å². The Bertz CT molecular complexity index is 412. The second kappa shape index (κ2) is 2.92. The van der Waals surface area contributed by atoms with E-state index in [1.54, 1.807) is 13.3 Å². The zero-order valence-electron chi connectivity index (χ0n) is 6.37. The van der Waals surface area contributed by atoms with E-state index in [1.807, 2.05) is 12.1 Å². The van der Waals surface area contributed by atoms with Gasteiger partial charge in [0.1, 0.15) is 5.75 Å². The molecule has 0 aliphatic rings. The highest BCUT2D eigenvalue weighted by Crippen LogP contribution is 2.31. The third kappa shape index (κ3) is 1.15. The lowest BCUT2D eigenvalue weighted by Crippen LogP contribution is -1.82. The molecule has 0 spiro atoms. The molecule has 0 saturated carbocycles. The van der Waals surface area contributed by atoms with Crippen LogP contribution in [0.5, 0.6) is 5.75 Å². The Morgan fingerprint density at radius 1 is 1.50 bits per heavy atom. The third-order valence-electron chi connectivity index (χ3n) is 1.63. The van der Waals surface area contributed by atoms with Gasteiger partial charge >= 0.3 is 0 Å². The normalized spacial score (nSPS) is 10.5. The molecular weight excluding hydrogens is 194 g/mol. The van der Waals surface area contributed by atoms with Crippen molar-refractivity contribution in [3.8, 4) is 5.75 Å². The monoisotopic (exact) mass is 199 g/mol. The Balaban J connectivity index is 2.73. The number of halogens is 1. The number of hydrogen-bond donors (Lipinski definition) is 0. The van der Waals surface area contributed by atoms with Gasteiger partial charge in [-0.2, -0.15) is 4.37 Å². The van der Waals surface area contributed by atoms with Crippen molar-refractivity contribution in [3.63, 3.8) is 0 Å². The maximum atomic E-state index is 5.91. The zero-order valence-corrected chi connectivity index (χ0v) is 7.95. The third-order valence-corrected chi connectivity index (χ3v) is 2.68. The van der Waals surface area contributed by atoms with Crippen molar-refractivity contribution in [2.75, 3.05) is 7.11 Å². The fourth-order valence-electron chi connectivity index (χ4n) is 1.03. The molecule has 2 aromatic rings. The lowest BCUT2D eigenvalue weighted by atomic mass is 10.3. The van der Waals surface area contributed by atoms with Crippen LogP contribution in [0.3, 0.4) is 0 Å². The lowest BCUT2D eigenvalue weighted by Gasteiger charge is -2.00. The summed E-state index contributed by atoms with van der Waals surface area (Å²) in [5.41, 5.74) is 0. The molecule has 12 heavy (non-hydrogen) atoms. The van der Waals surface area contributed by atoms with E-state index in [9.17, 15) is 0 Å². The quantitative estimate of drug-likeness (QED) is 0.705. The summed E-state index contributed by atoms with van der Waals surface area (Å²) in [5.74, 6) is 0.702. The van der Waals surface area contributed by atoms with Gasteiger partial charge in [-0.25, -0.2) is 0 Å². The minimum Gasteiger partial charge on any atom is -0.495 e. The van der Waals surface area contributed by atoms with Crippen molar-refractivity contribution < 1.29 is 4.74 Å². The highest BCUT2D eigenvalue weighted by Gasteiger charge is 2.03. The van der Waals surface area contributed by atoms with E-state index in [4.69, 9.17) is 16.3 Å². The summed E-state index contributed by atoms with van der Waals surface area (Å²) in [7, 11) is 1.61. The zero-order chi connectivity index (χ0) is 8.55. The van der Waals surface area contributed by atoms with Crippen LogP contribution >= 0.6 is 23.1 Å². The van der Waals surface area contributed by atoms with Crippen molar-refractivity contribution in [2.24, 2.45) is 0 Å². The molecular formula is C8H6ClNOS. The molecule has 2 rings (SSSR count). The predicted octanol–water partition coefficient (Wildman–Crippen LogP) is 2.96. The van der Waals surface area contributed by atoms with Gasteiger partial charge in [-0.05, 0) is 17.6 Å². The van der Waals surface area contributed by atoms with E-state index < -0.39 is 0 Å². The second-order valence-electron chi connectivity index (χ2n) is 2.35. The van der Waals surface area contributed by atoms with E-state index in [-0.39, 0.29) is 0 Å². The summed E-state index contributed by atoms with van der Waals surface area (Å²) >= 11 is 7.35. The van der Waals surface area contributed by atoms with Crippen LogP contribution in [0.15, 0.2) is 18.3 Å². The average Bonchev–Trinajstić information content (AvgIpc) is 2.49. The SMILES string of the molecule is COc1cc2sncc2cc1Cl. The Morgan fingerprint density at radius 3 is 3.08 bits per heavy atom. The summed E-state index contributed by atoms with van der Waals surface area (Å²) in [4.78, 5) is 0. The van der Waals surface area contributed by atoms with Gasteiger partial charge in [0, 0.05) is 17.6 Å². The average molecular weight is 200 g/mol. The lowest BCUT2D eigenvalue weighted by molar-refractivity contribution is 0.415. The number of fused-ring (bicyclic) bond motifs is 1. The van der Waals surface area contributed by atoms with Crippen molar-refractivity contribution in [1.82, 2.24) is 4.37 Å². The molecule has 0 fully saturated rings. The van der Waals surface area contributed by atoms with Crippen LogP contribution in [0.25, 0.3) is 10.1 Å². The second-order valence-corrected chi connectivity index (χ2v) is 3.59. The van der Waals surface area contributed by atoms with E-state index in [0.29, 0.717) is 10.8 Å². The van der Waals surface area contributed by atoms with Gasteiger partial charge < -0.3 is 4.74 Å². The van der Waals surface area contributed by atoms with Gasteiger partial charge in [0.25, 0.3) is 0 Å². The van der Waals surface area contributed by atoms with Gasteiger partial charge in [-0.15, -0.1) is 0 Å². The van der Waals surface area contributed by atoms with Gasteiger partial charge in [-0.3, -0.25) is 0 Å². The number of aromatic nitrogens is 1. The Morgan fingerprint density at radius 2 is 2.33 bits per heavy atom. The minimum absolute atomic E-state index is 0.630. The molecule has 1 aromatic carbocycles. The summed E-state index contributed by atoms with van der Waals surface area (Å²) in [6.45, 7) is 0. The van der Waals surface area contributed by atoms with Crippen molar-refractivity contribution in [1.29, 1.82) is 0 Å². The smallest absolute Gasteiger partial charge is 0.138 e. The highest BCUT2D eigenvalue weighted by atomic mass is 35.5. The van der Waals surface area contributed by atoms with Gasteiger partial charge in [0.05, 0.1) is 16.8 Å². The number of methoxy groups -OCH3 is 1. The number of benzene rings is 1. The van der Waals surface area contributed by atoms with Gasteiger partial charge in [0.2, 0.25) is 0 Å². The van der Waals surface area contributed by atoms with Crippen LogP contribution in [-0.4, -0.2) is 11.5 Å². The largest absolute Gasteiger partial charge is 0.495 e. The van der Waals surface area contributed by atoms with Crippen LogP contribution in [0.4, 0.5) is 0 Å². The van der Waals surface area contributed by atoms with E-state index in [1.165, 1.54) is 11.5 Å². The maximum absolute atomic E-state index is 5.91. The molecule has 0 amide bonds. The maximum Gasteiger partial charge on any atom is 0.138 e. The minimum atomic E-state index is 0.630. The summed E-state index contributed by atoms with van der Waals surface area (Å²) in [5, 5.41) is 1.69. The van der Waals surface area contributed by atoms with Crippen LogP contribution in [-0.2, 0) is 0 Å². The molecule has 0 aliphatic heterocycles.